The van der Waals surface area contributed by atoms with Crippen LogP contribution in [0.15, 0.2) is 60.7 Å². The Morgan fingerprint density at radius 2 is 1.61 bits per heavy atom. The lowest BCUT2D eigenvalue weighted by molar-refractivity contribution is -0.196. The largest absolute Gasteiger partial charge is 0.468 e. The first-order valence-corrected chi connectivity index (χ1v) is 10.6. The van der Waals surface area contributed by atoms with Crippen LogP contribution in [0, 0.1) is 0 Å². The van der Waals surface area contributed by atoms with Crippen LogP contribution in [0.4, 0.5) is 0 Å². The van der Waals surface area contributed by atoms with E-state index in [1.54, 1.807) is 0 Å². The van der Waals surface area contributed by atoms with Crippen molar-refractivity contribution in [2.24, 2.45) is 0 Å². The van der Waals surface area contributed by atoms with Gasteiger partial charge in [-0.3, -0.25) is 9.69 Å². The van der Waals surface area contributed by atoms with Crippen LogP contribution >= 0.6 is 0 Å². The second-order valence-electron chi connectivity index (χ2n) is 8.56. The molecule has 2 aliphatic rings. The van der Waals surface area contributed by atoms with Crippen LogP contribution in [0.1, 0.15) is 29.9 Å². The van der Waals surface area contributed by atoms with E-state index in [1.807, 2.05) is 65.6 Å². The lowest BCUT2D eigenvalue weighted by Crippen LogP contribution is -2.65. The van der Waals surface area contributed by atoms with Gasteiger partial charge in [0.25, 0.3) is 0 Å². The summed E-state index contributed by atoms with van der Waals surface area (Å²) in [4.78, 5) is 14.5. The maximum Gasteiger partial charge on any atom is 0.323 e. The van der Waals surface area contributed by atoms with Gasteiger partial charge in [0.15, 0.2) is 0 Å². The van der Waals surface area contributed by atoms with Gasteiger partial charge >= 0.3 is 5.97 Å². The fourth-order valence-corrected chi connectivity index (χ4v) is 5.19. The van der Waals surface area contributed by atoms with Gasteiger partial charge in [0, 0.05) is 24.9 Å². The van der Waals surface area contributed by atoms with Crippen molar-refractivity contribution in [3.05, 3.63) is 71.8 Å². The Morgan fingerprint density at radius 1 is 1.06 bits per heavy atom. The summed E-state index contributed by atoms with van der Waals surface area (Å²) in [6.45, 7) is 0.371. The first-order valence-electron chi connectivity index (χ1n) is 10.6. The van der Waals surface area contributed by atoms with E-state index < -0.39 is 42.0 Å². The van der Waals surface area contributed by atoms with Crippen LogP contribution in [-0.4, -0.2) is 80.9 Å². The molecule has 0 radical (unpaired) electrons. The van der Waals surface area contributed by atoms with Crippen LogP contribution in [0.25, 0.3) is 0 Å². The number of carbonyl (C=O) groups is 1. The zero-order chi connectivity index (χ0) is 22.2. The van der Waals surface area contributed by atoms with Gasteiger partial charge in [-0.2, -0.15) is 0 Å². The van der Waals surface area contributed by atoms with Crippen molar-refractivity contribution in [1.82, 2.24) is 4.90 Å². The first-order chi connectivity index (χ1) is 14.9. The summed E-state index contributed by atoms with van der Waals surface area (Å²) in [6, 6.07) is 18.2. The van der Waals surface area contributed by atoms with E-state index in [4.69, 9.17) is 4.74 Å². The average molecular weight is 427 g/mol. The maximum absolute atomic E-state index is 12.7. The molecule has 4 rings (SSSR count). The van der Waals surface area contributed by atoms with E-state index in [0.717, 1.165) is 11.1 Å². The molecule has 1 aliphatic heterocycles. The van der Waals surface area contributed by atoms with Gasteiger partial charge in [-0.25, -0.2) is 0 Å². The second kappa shape index (κ2) is 8.68. The van der Waals surface area contributed by atoms with Crippen molar-refractivity contribution in [2.45, 2.75) is 54.8 Å². The molecule has 2 aromatic carbocycles. The van der Waals surface area contributed by atoms with Gasteiger partial charge in [-0.1, -0.05) is 60.7 Å². The summed E-state index contributed by atoms with van der Waals surface area (Å²) in [5.41, 5.74) is 0.365. The van der Waals surface area contributed by atoms with E-state index in [0.29, 0.717) is 6.54 Å². The van der Waals surface area contributed by atoms with Gasteiger partial charge in [0.2, 0.25) is 0 Å². The number of carbonyl (C=O) groups excluding carboxylic acids is 1. The molecule has 1 heterocycles. The van der Waals surface area contributed by atoms with Crippen LogP contribution in [-0.2, 0) is 9.53 Å². The first kappa shape index (κ1) is 21.9. The third kappa shape index (κ3) is 3.88. The highest BCUT2D eigenvalue weighted by molar-refractivity contribution is 5.76. The highest BCUT2D eigenvalue weighted by Crippen LogP contribution is 2.45. The highest BCUT2D eigenvalue weighted by atomic mass is 16.5. The number of aliphatic hydroxyl groups is 4. The van der Waals surface area contributed by atoms with Crippen molar-refractivity contribution >= 4 is 5.97 Å². The number of ether oxygens (including phenoxy) is 1. The number of likely N-dealkylation sites (tertiary alicyclic amines) is 1. The summed E-state index contributed by atoms with van der Waals surface area (Å²) in [5.74, 6) is -0.628. The van der Waals surface area contributed by atoms with Crippen LogP contribution in [0.2, 0.25) is 0 Å². The SMILES string of the molecule is COC(=O)[C@@H]1C[C@@]2(O)[C@@H](O)[C@@H](O)[C@@H](O)C[C@H]2N1CC(c1ccccc1)c1ccccc1. The molecule has 0 unspecified atom stereocenters. The summed E-state index contributed by atoms with van der Waals surface area (Å²) in [5, 5.41) is 42.4. The van der Waals surface area contributed by atoms with Crippen molar-refractivity contribution in [1.29, 1.82) is 0 Å². The number of hydrogen-bond donors (Lipinski definition) is 4. The molecular formula is C24H29NO6. The topological polar surface area (TPSA) is 110 Å². The number of aliphatic hydroxyl groups excluding tert-OH is 3. The molecule has 31 heavy (non-hydrogen) atoms. The number of methoxy groups -OCH3 is 1. The predicted molar refractivity (Wildman–Crippen MR) is 113 cm³/mol. The molecule has 1 saturated heterocycles. The summed E-state index contributed by atoms with van der Waals surface area (Å²) in [6.07, 6.45) is -4.28. The number of nitrogens with zero attached hydrogens (tertiary/aromatic N) is 1. The molecular weight excluding hydrogens is 398 g/mol. The molecule has 1 aliphatic carbocycles. The van der Waals surface area contributed by atoms with Crippen molar-refractivity contribution in [3.8, 4) is 0 Å². The zero-order valence-corrected chi connectivity index (χ0v) is 17.4. The Morgan fingerprint density at radius 3 is 2.13 bits per heavy atom. The number of benzene rings is 2. The van der Waals surface area contributed by atoms with Gasteiger partial charge in [-0.15, -0.1) is 0 Å². The van der Waals surface area contributed by atoms with E-state index in [-0.39, 0.29) is 18.8 Å². The summed E-state index contributed by atoms with van der Waals surface area (Å²) < 4.78 is 5.00. The molecule has 2 aromatic rings. The molecule has 7 heteroatoms. The fraction of sp³-hybridized carbons (Fsp3) is 0.458. The van der Waals surface area contributed by atoms with Crippen LogP contribution in [0.3, 0.4) is 0 Å². The second-order valence-corrected chi connectivity index (χ2v) is 8.56. The summed E-state index contributed by atoms with van der Waals surface area (Å²) in [7, 11) is 1.29. The molecule has 7 nitrogen and oxygen atoms in total. The van der Waals surface area contributed by atoms with Crippen LogP contribution in [0.5, 0.6) is 0 Å². The maximum atomic E-state index is 12.7. The Bertz CT molecular complexity index is 854. The van der Waals surface area contributed by atoms with E-state index >= 15 is 0 Å². The number of hydrogen-bond acceptors (Lipinski definition) is 7. The van der Waals surface area contributed by atoms with Gasteiger partial charge in [-0.05, 0) is 17.5 Å². The molecule has 0 bridgehead atoms. The number of fused-ring (bicyclic) bond motifs is 1. The van der Waals surface area contributed by atoms with Crippen LogP contribution < -0.4 is 0 Å². The predicted octanol–water partition coefficient (Wildman–Crippen LogP) is 0.652. The number of rotatable bonds is 5. The van der Waals surface area contributed by atoms with Gasteiger partial charge in [0.1, 0.15) is 23.9 Å². The number of esters is 1. The van der Waals surface area contributed by atoms with Crippen molar-refractivity contribution < 1.29 is 30.0 Å². The Labute approximate surface area is 181 Å². The highest BCUT2D eigenvalue weighted by Gasteiger charge is 2.62. The monoisotopic (exact) mass is 427 g/mol. The standard InChI is InChI=1S/C24H29NO6/c1-31-23(29)18-13-24(30)20(12-19(26)21(27)22(24)28)25(18)14-17(15-8-4-2-5-9-15)16-10-6-3-7-11-16/h2-11,17-22,26-28,30H,12-14H2,1H3/t18-,19-,20+,21-,22-,24-/m0/s1. The minimum atomic E-state index is -1.73. The minimum Gasteiger partial charge on any atom is -0.468 e. The normalized spacial score (nSPS) is 33.3. The molecule has 0 aromatic heterocycles. The molecule has 4 N–H and O–H groups in total. The van der Waals surface area contributed by atoms with E-state index in [1.165, 1.54) is 7.11 Å². The summed E-state index contributed by atoms with van der Waals surface area (Å²) >= 11 is 0. The Balaban J connectivity index is 1.74. The smallest absolute Gasteiger partial charge is 0.323 e. The third-order valence-electron chi connectivity index (χ3n) is 6.86. The molecule has 166 valence electrons. The molecule has 1 saturated carbocycles. The Hall–Kier alpha value is -2.29. The lowest BCUT2D eigenvalue weighted by Gasteiger charge is -2.46. The Kier molecular flexibility index (Phi) is 6.14. The average Bonchev–Trinajstić information content (AvgIpc) is 3.09. The molecule has 2 fully saturated rings. The van der Waals surface area contributed by atoms with Gasteiger partial charge in [0.05, 0.1) is 13.2 Å². The third-order valence-corrected chi connectivity index (χ3v) is 6.86. The fourth-order valence-electron chi connectivity index (χ4n) is 5.19. The lowest BCUT2D eigenvalue weighted by atomic mass is 9.75. The minimum absolute atomic E-state index is 0.0402. The quantitative estimate of drug-likeness (QED) is 0.519. The van der Waals surface area contributed by atoms with E-state index in [9.17, 15) is 25.2 Å². The zero-order valence-electron chi connectivity index (χ0n) is 17.4. The van der Waals surface area contributed by atoms with Gasteiger partial charge < -0.3 is 25.2 Å². The van der Waals surface area contributed by atoms with Crippen molar-refractivity contribution in [2.75, 3.05) is 13.7 Å². The van der Waals surface area contributed by atoms with E-state index in [2.05, 4.69) is 0 Å². The molecule has 0 amide bonds. The molecule has 0 spiro atoms. The molecule has 6 atom stereocenters. The van der Waals surface area contributed by atoms with Crippen molar-refractivity contribution in [3.63, 3.8) is 0 Å².